The number of aryl methyl sites for hydroxylation is 1. The molecule has 0 saturated heterocycles. The molecular weight excluding hydrogens is 258 g/mol. The van der Waals surface area contributed by atoms with Crippen molar-refractivity contribution in [3.05, 3.63) is 68.5 Å². The number of furan rings is 1. The van der Waals surface area contributed by atoms with Gasteiger partial charge in [0.05, 0.1) is 6.07 Å². The Morgan fingerprint density at radius 2 is 2.10 bits per heavy atom. The first-order valence-corrected chi connectivity index (χ1v) is 6.14. The maximum atomic E-state index is 12.3. The van der Waals surface area contributed by atoms with E-state index in [9.17, 15) is 14.9 Å². The molecule has 0 N–H and O–H groups in total. The van der Waals surface area contributed by atoms with E-state index in [0.29, 0.717) is 23.3 Å². The predicted octanol–water partition coefficient (Wildman–Crippen LogP) is 3.32. The molecule has 0 unspecified atom stereocenters. The van der Waals surface area contributed by atoms with Gasteiger partial charge in [0.25, 0.3) is 0 Å². The summed E-state index contributed by atoms with van der Waals surface area (Å²) in [6.45, 7) is 1.97. The van der Waals surface area contributed by atoms with Gasteiger partial charge in [-0.1, -0.05) is 18.2 Å². The highest BCUT2D eigenvalue weighted by Crippen LogP contribution is 2.30. The number of allylic oxidation sites excluding steroid dienone is 1. The normalized spacial score (nSPS) is 15.7. The van der Waals surface area contributed by atoms with Crippen molar-refractivity contribution in [2.75, 3.05) is 0 Å². The molecule has 1 aromatic heterocycles. The summed E-state index contributed by atoms with van der Waals surface area (Å²) in [5.74, 6) is -0.0377. The zero-order valence-corrected chi connectivity index (χ0v) is 10.8. The van der Waals surface area contributed by atoms with Crippen LogP contribution in [-0.4, -0.2) is 10.7 Å². The van der Waals surface area contributed by atoms with E-state index in [-0.39, 0.29) is 11.7 Å². The maximum Gasteiger partial charge on any atom is 0.433 e. The molecule has 3 rings (SSSR count). The van der Waals surface area contributed by atoms with Crippen LogP contribution in [0.5, 0.6) is 0 Å². The number of rotatable bonds is 2. The lowest BCUT2D eigenvalue weighted by atomic mass is 10.1. The van der Waals surface area contributed by atoms with Gasteiger partial charge in [-0.2, -0.15) is 0 Å². The molecule has 2 aromatic rings. The minimum Gasteiger partial charge on any atom is -0.401 e. The van der Waals surface area contributed by atoms with Crippen LogP contribution in [0.15, 0.2) is 40.3 Å². The van der Waals surface area contributed by atoms with Crippen molar-refractivity contribution in [3.8, 4) is 0 Å². The van der Waals surface area contributed by atoms with Crippen LogP contribution in [0.4, 0.5) is 5.88 Å². The lowest BCUT2D eigenvalue weighted by molar-refractivity contribution is -0.402. The molecule has 0 radical (unpaired) electrons. The van der Waals surface area contributed by atoms with Crippen LogP contribution in [0, 0.1) is 17.0 Å². The van der Waals surface area contributed by atoms with Crippen LogP contribution in [0.25, 0.3) is 6.08 Å². The molecule has 1 aliphatic rings. The monoisotopic (exact) mass is 269 g/mol. The summed E-state index contributed by atoms with van der Waals surface area (Å²) in [5.41, 5.74) is 3.39. The summed E-state index contributed by atoms with van der Waals surface area (Å²) in [4.78, 5) is 22.2. The van der Waals surface area contributed by atoms with Gasteiger partial charge in [-0.15, -0.1) is 0 Å². The Kier molecular flexibility index (Phi) is 2.75. The summed E-state index contributed by atoms with van der Waals surface area (Å²) >= 11 is 0. The molecule has 0 spiro atoms. The van der Waals surface area contributed by atoms with Crippen LogP contribution in [-0.2, 0) is 6.42 Å². The number of hydrogen-bond acceptors (Lipinski definition) is 4. The van der Waals surface area contributed by atoms with E-state index in [0.717, 1.165) is 11.1 Å². The van der Waals surface area contributed by atoms with Crippen LogP contribution in [0.3, 0.4) is 0 Å². The molecule has 100 valence electrons. The van der Waals surface area contributed by atoms with E-state index in [1.54, 1.807) is 12.1 Å². The zero-order valence-electron chi connectivity index (χ0n) is 10.8. The topological polar surface area (TPSA) is 73.3 Å². The number of hydrogen-bond donors (Lipinski definition) is 0. The zero-order chi connectivity index (χ0) is 14.3. The first kappa shape index (κ1) is 12.3. The molecule has 1 aliphatic carbocycles. The van der Waals surface area contributed by atoms with Crippen molar-refractivity contribution in [2.24, 2.45) is 0 Å². The number of nitro groups is 1. The number of nitrogens with zero attached hydrogens (tertiary/aromatic N) is 1. The van der Waals surface area contributed by atoms with Gasteiger partial charge >= 0.3 is 5.88 Å². The summed E-state index contributed by atoms with van der Waals surface area (Å²) < 4.78 is 5.06. The molecule has 20 heavy (non-hydrogen) atoms. The molecule has 5 heteroatoms. The standard InChI is InChI=1S/C15H11NO4/c1-9-3-2-4-12-13(9)8-10(15(12)17)7-11-5-6-14(20-11)16(18)19/h2-7H,8H2,1H3. The van der Waals surface area contributed by atoms with Crippen molar-refractivity contribution in [2.45, 2.75) is 13.3 Å². The molecule has 5 nitrogen and oxygen atoms in total. The minimum atomic E-state index is -0.600. The van der Waals surface area contributed by atoms with Crippen molar-refractivity contribution in [3.63, 3.8) is 0 Å². The van der Waals surface area contributed by atoms with Gasteiger partial charge in [-0.05, 0) is 30.2 Å². The number of fused-ring (bicyclic) bond motifs is 1. The van der Waals surface area contributed by atoms with E-state index in [1.165, 1.54) is 12.1 Å². The quantitative estimate of drug-likeness (QED) is 0.476. The Morgan fingerprint density at radius 1 is 1.30 bits per heavy atom. The highest BCUT2D eigenvalue weighted by atomic mass is 16.6. The molecule has 0 bridgehead atoms. The van der Waals surface area contributed by atoms with Gasteiger partial charge in [-0.3, -0.25) is 14.9 Å². The second kappa shape index (κ2) is 4.45. The maximum absolute atomic E-state index is 12.3. The molecule has 1 aromatic carbocycles. The van der Waals surface area contributed by atoms with E-state index in [1.807, 2.05) is 19.1 Å². The molecule has 0 amide bonds. The number of ketones is 1. The van der Waals surface area contributed by atoms with Gasteiger partial charge in [-0.25, -0.2) is 0 Å². The number of carbonyl (C=O) groups excluding carboxylic acids is 1. The third-order valence-electron chi connectivity index (χ3n) is 3.42. The van der Waals surface area contributed by atoms with Gasteiger partial charge in [0.15, 0.2) is 5.78 Å². The van der Waals surface area contributed by atoms with Gasteiger partial charge in [0.2, 0.25) is 0 Å². The molecule has 0 saturated carbocycles. The Bertz CT molecular complexity index is 755. The minimum absolute atomic E-state index is 0.0391. The third kappa shape index (κ3) is 1.93. The Balaban J connectivity index is 1.97. The fourth-order valence-electron chi connectivity index (χ4n) is 2.40. The summed E-state index contributed by atoms with van der Waals surface area (Å²) in [7, 11) is 0. The average Bonchev–Trinajstić information content (AvgIpc) is 2.99. The Hall–Kier alpha value is -2.69. The SMILES string of the molecule is Cc1cccc2c1CC(=Cc1ccc([N+](=O)[O-])o1)C2=O. The van der Waals surface area contributed by atoms with Crippen LogP contribution in [0.1, 0.15) is 27.2 Å². The molecule has 0 fully saturated rings. The van der Waals surface area contributed by atoms with Gasteiger partial charge < -0.3 is 4.42 Å². The molecular formula is C15H11NO4. The van der Waals surface area contributed by atoms with Crippen LogP contribution < -0.4 is 0 Å². The van der Waals surface area contributed by atoms with Gasteiger partial charge in [0.1, 0.15) is 10.7 Å². The largest absolute Gasteiger partial charge is 0.433 e. The fraction of sp³-hybridized carbons (Fsp3) is 0.133. The van der Waals surface area contributed by atoms with E-state index >= 15 is 0 Å². The van der Waals surface area contributed by atoms with Crippen molar-refractivity contribution in [1.82, 2.24) is 0 Å². The smallest absolute Gasteiger partial charge is 0.401 e. The number of benzene rings is 1. The first-order chi connectivity index (χ1) is 9.56. The van der Waals surface area contributed by atoms with Crippen LogP contribution >= 0.6 is 0 Å². The molecule has 0 atom stereocenters. The second-order valence-electron chi connectivity index (χ2n) is 4.71. The average molecular weight is 269 g/mol. The summed E-state index contributed by atoms with van der Waals surface area (Å²) in [6.07, 6.45) is 2.12. The Labute approximate surface area is 114 Å². The Morgan fingerprint density at radius 3 is 2.75 bits per heavy atom. The van der Waals surface area contributed by atoms with E-state index in [2.05, 4.69) is 0 Å². The van der Waals surface area contributed by atoms with Crippen LogP contribution in [0.2, 0.25) is 0 Å². The molecule has 1 heterocycles. The number of carbonyl (C=O) groups is 1. The lowest BCUT2D eigenvalue weighted by Crippen LogP contribution is -1.94. The second-order valence-corrected chi connectivity index (χ2v) is 4.71. The molecule has 0 aliphatic heterocycles. The lowest BCUT2D eigenvalue weighted by Gasteiger charge is -1.99. The van der Waals surface area contributed by atoms with Crippen molar-refractivity contribution >= 4 is 17.7 Å². The number of Topliss-reactive ketones (excluding diaryl/α,β-unsaturated/α-hetero) is 1. The fourth-order valence-corrected chi connectivity index (χ4v) is 2.40. The van der Waals surface area contributed by atoms with Crippen molar-refractivity contribution < 1.29 is 14.1 Å². The summed E-state index contributed by atoms with van der Waals surface area (Å²) in [6, 6.07) is 8.40. The highest BCUT2D eigenvalue weighted by Gasteiger charge is 2.26. The van der Waals surface area contributed by atoms with E-state index in [4.69, 9.17) is 4.42 Å². The predicted molar refractivity (Wildman–Crippen MR) is 72.6 cm³/mol. The van der Waals surface area contributed by atoms with E-state index < -0.39 is 4.92 Å². The first-order valence-electron chi connectivity index (χ1n) is 6.14. The highest BCUT2D eigenvalue weighted by molar-refractivity contribution is 6.15. The van der Waals surface area contributed by atoms with Gasteiger partial charge in [0, 0.05) is 17.6 Å². The van der Waals surface area contributed by atoms with Crippen molar-refractivity contribution in [1.29, 1.82) is 0 Å². The summed E-state index contributed by atoms with van der Waals surface area (Å²) in [5, 5.41) is 10.6. The third-order valence-corrected chi connectivity index (χ3v) is 3.42.